The van der Waals surface area contributed by atoms with Crippen molar-refractivity contribution in [3.05, 3.63) is 82.9 Å². The molecule has 0 aliphatic carbocycles. The van der Waals surface area contributed by atoms with Crippen molar-refractivity contribution in [3.63, 3.8) is 0 Å². The largest absolute Gasteiger partial charge is 0.465 e. The van der Waals surface area contributed by atoms with Crippen molar-refractivity contribution in [2.24, 2.45) is 0 Å². The van der Waals surface area contributed by atoms with Gasteiger partial charge in [0.1, 0.15) is 0 Å². The second kappa shape index (κ2) is 8.94. The van der Waals surface area contributed by atoms with Crippen LogP contribution in [0.2, 0.25) is 5.02 Å². The number of halogens is 4. The van der Waals surface area contributed by atoms with E-state index in [0.717, 1.165) is 28.1 Å². The van der Waals surface area contributed by atoms with E-state index in [4.69, 9.17) is 16.3 Å². The molecule has 11 heteroatoms. The van der Waals surface area contributed by atoms with Crippen LogP contribution in [0.5, 0.6) is 0 Å². The Morgan fingerprint density at radius 2 is 1.76 bits per heavy atom. The van der Waals surface area contributed by atoms with Crippen LogP contribution < -0.4 is 4.72 Å². The first-order valence-electron chi connectivity index (χ1n) is 9.60. The fourth-order valence-corrected chi connectivity index (χ4v) is 5.78. The maximum atomic E-state index is 13.2. The van der Waals surface area contributed by atoms with Gasteiger partial charge in [-0.2, -0.15) is 13.2 Å². The van der Waals surface area contributed by atoms with Crippen molar-refractivity contribution in [3.8, 4) is 10.4 Å². The molecule has 0 aliphatic rings. The molecule has 0 spiro atoms. The van der Waals surface area contributed by atoms with Crippen molar-refractivity contribution < 1.29 is 31.1 Å². The number of rotatable bonds is 5. The van der Waals surface area contributed by atoms with E-state index in [1.807, 2.05) is 30.3 Å². The number of ether oxygens (including phenoxy) is 1. The standard InChI is InChI=1S/C23H15ClF3NO4S2/c1-32-22(29)18-7-6-14(21-9-13-4-2-3-5-20(13)33-21)8-19(18)28-34(30,31)17-11-15(23(25,26)27)10-16(24)12-17/h2-12,28H,1H3. The SMILES string of the molecule is COC(=O)c1ccc(-c2cc3ccccc3s2)cc1NS(=O)(=O)c1cc(Cl)cc(C(F)(F)F)c1. The van der Waals surface area contributed by atoms with Crippen LogP contribution in [0.4, 0.5) is 18.9 Å². The summed E-state index contributed by atoms with van der Waals surface area (Å²) in [4.78, 5) is 12.4. The van der Waals surface area contributed by atoms with Crippen LogP contribution >= 0.6 is 22.9 Å². The van der Waals surface area contributed by atoms with E-state index < -0.39 is 37.7 Å². The minimum Gasteiger partial charge on any atom is -0.465 e. The number of carbonyl (C=O) groups excluding carboxylic acids is 1. The van der Waals surface area contributed by atoms with Crippen LogP contribution in [-0.4, -0.2) is 21.5 Å². The predicted molar refractivity (Wildman–Crippen MR) is 126 cm³/mol. The molecule has 0 bridgehead atoms. The van der Waals surface area contributed by atoms with E-state index in [1.54, 1.807) is 6.07 Å². The second-order valence-electron chi connectivity index (χ2n) is 7.18. The maximum Gasteiger partial charge on any atom is 0.416 e. The van der Waals surface area contributed by atoms with E-state index in [1.165, 1.54) is 23.5 Å². The first-order chi connectivity index (χ1) is 16.0. The topological polar surface area (TPSA) is 72.5 Å². The molecule has 0 radical (unpaired) electrons. The Morgan fingerprint density at radius 3 is 2.44 bits per heavy atom. The molecule has 1 N–H and O–H groups in total. The summed E-state index contributed by atoms with van der Waals surface area (Å²) >= 11 is 7.21. The van der Waals surface area contributed by atoms with Crippen LogP contribution in [0, 0.1) is 0 Å². The summed E-state index contributed by atoms with van der Waals surface area (Å²) in [6.07, 6.45) is -4.80. The van der Waals surface area contributed by atoms with Gasteiger partial charge in [-0.15, -0.1) is 11.3 Å². The highest BCUT2D eigenvalue weighted by atomic mass is 35.5. The summed E-state index contributed by atoms with van der Waals surface area (Å²) in [6.45, 7) is 0. The van der Waals surface area contributed by atoms with Crippen molar-refractivity contribution in [1.29, 1.82) is 0 Å². The Balaban J connectivity index is 1.80. The van der Waals surface area contributed by atoms with Gasteiger partial charge >= 0.3 is 12.1 Å². The molecule has 4 rings (SSSR count). The number of benzene rings is 3. The average Bonchev–Trinajstić information content (AvgIpc) is 3.21. The summed E-state index contributed by atoms with van der Waals surface area (Å²) in [6, 6.07) is 16.0. The van der Waals surface area contributed by atoms with Gasteiger partial charge in [0.2, 0.25) is 0 Å². The molecule has 1 aromatic heterocycles. The lowest BCUT2D eigenvalue weighted by atomic mass is 10.1. The minimum absolute atomic E-state index is 0.103. The number of esters is 1. The third-order valence-corrected chi connectivity index (χ3v) is 7.62. The fourth-order valence-electron chi connectivity index (χ4n) is 3.28. The number of nitrogens with one attached hydrogen (secondary N) is 1. The number of carbonyl (C=O) groups is 1. The molecular weight excluding hydrogens is 511 g/mol. The van der Waals surface area contributed by atoms with E-state index in [-0.39, 0.29) is 11.3 Å². The molecule has 0 atom stereocenters. The number of anilines is 1. The van der Waals surface area contributed by atoms with Crippen LogP contribution in [0.1, 0.15) is 15.9 Å². The molecule has 0 amide bonds. The zero-order valence-corrected chi connectivity index (χ0v) is 19.7. The number of hydrogen-bond donors (Lipinski definition) is 1. The monoisotopic (exact) mass is 525 g/mol. The van der Waals surface area contributed by atoms with Crippen LogP contribution in [0.15, 0.2) is 71.6 Å². The smallest absolute Gasteiger partial charge is 0.416 e. The Morgan fingerprint density at radius 1 is 1.03 bits per heavy atom. The molecule has 176 valence electrons. The van der Waals surface area contributed by atoms with Gasteiger partial charge in [-0.05, 0) is 53.4 Å². The van der Waals surface area contributed by atoms with Crippen LogP contribution in [0.25, 0.3) is 20.5 Å². The lowest BCUT2D eigenvalue weighted by Gasteiger charge is -2.15. The van der Waals surface area contributed by atoms with Crippen LogP contribution in [-0.2, 0) is 20.9 Å². The summed E-state index contributed by atoms with van der Waals surface area (Å²) in [7, 11) is -3.41. The minimum atomic E-state index is -4.80. The van der Waals surface area contributed by atoms with Gasteiger partial charge in [-0.1, -0.05) is 35.9 Å². The van der Waals surface area contributed by atoms with Gasteiger partial charge in [-0.25, -0.2) is 13.2 Å². The third kappa shape index (κ3) is 4.89. The number of hydrogen-bond acceptors (Lipinski definition) is 5. The van der Waals surface area contributed by atoms with E-state index >= 15 is 0 Å². The number of methoxy groups -OCH3 is 1. The Kier molecular flexibility index (Phi) is 6.32. The molecule has 1 heterocycles. The zero-order chi connectivity index (χ0) is 24.7. The second-order valence-corrected chi connectivity index (χ2v) is 10.4. The Hall–Kier alpha value is -3.08. The molecule has 0 fully saturated rings. The molecule has 0 unspecified atom stereocenters. The summed E-state index contributed by atoms with van der Waals surface area (Å²) < 4.78 is 73.5. The quantitative estimate of drug-likeness (QED) is 0.290. The Bertz CT molecular complexity index is 1480. The van der Waals surface area contributed by atoms with Gasteiger partial charge in [0.15, 0.2) is 0 Å². The molecule has 5 nitrogen and oxygen atoms in total. The lowest BCUT2D eigenvalue weighted by Crippen LogP contribution is -2.17. The average molecular weight is 526 g/mol. The Labute approximate surface area is 201 Å². The molecule has 0 saturated heterocycles. The fraction of sp³-hybridized carbons (Fsp3) is 0.0870. The summed E-state index contributed by atoms with van der Waals surface area (Å²) in [5.74, 6) is -0.817. The van der Waals surface area contributed by atoms with Crippen molar-refractivity contribution in [2.45, 2.75) is 11.1 Å². The van der Waals surface area contributed by atoms with Gasteiger partial charge in [-0.3, -0.25) is 4.72 Å². The van der Waals surface area contributed by atoms with E-state index in [0.29, 0.717) is 17.7 Å². The predicted octanol–water partition coefficient (Wildman–Crippen LogP) is 6.83. The molecule has 0 saturated carbocycles. The van der Waals surface area contributed by atoms with Gasteiger partial charge in [0, 0.05) is 14.6 Å². The molecular formula is C23H15ClF3NO4S2. The van der Waals surface area contributed by atoms with Crippen LogP contribution in [0.3, 0.4) is 0 Å². The van der Waals surface area contributed by atoms with Crippen molar-refractivity contribution >= 4 is 54.7 Å². The number of alkyl halides is 3. The molecule has 0 aliphatic heterocycles. The lowest BCUT2D eigenvalue weighted by molar-refractivity contribution is -0.137. The normalized spacial score (nSPS) is 12.0. The molecule has 34 heavy (non-hydrogen) atoms. The van der Waals surface area contributed by atoms with Gasteiger partial charge < -0.3 is 4.74 Å². The zero-order valence-electron chi connectivity index (χ0n) is 17.3. The van der Waals surface area contributed by atoms with Gasteiger partial charge in [0.25, 0.3) is 10.0 Å². The van der Waals surface area contributed by atoms with Gasteiger partial charge in [0.05, 0.1) is 28.8 Å². The highest BCUT2D eigenvalue weighted by Crippen LogP contribution is 2.37. The summed E-state index contributed by atoms with van der Waals surface area (Å²) in [5.41, 5.74) is -0.856. The number of sulfonamides is 1. The van der Waals surface area contributed by atoms with E-state index in [9.17, 15) is 26.4 Å². The number of fused-ring (bicyclic) bond motifs is 1. The first kappa shape index (κ1) is 24.1. The van der Waals surface area contributed by atoms with Crippen molar-refractivity contribution in [1.82, 2.24) is 0 Å². The molecule has 4 aromatic rings. The van der Waals surface area contributed by atoms with Crippen molar-refractivity contribution in [2.75, 3.05) is 11.8 Å². The third-order valence-electron chi connectivity index (χ3n) is 4.89. The molecule has 3 aromatic carbocycles. The highest BCUT2D eigenvalue weighted by molar-refractivity contribution is 7.92. The highest BCUT2D eigenvalue weighted by Gasteiger charge is 2.33. The first-order valence-corrected chi connectivity index (χ1v) is 12.3. The maximum absolute atomic E-state index is 13.2. The summed E-state index contributed by atoms with van der Waals surface area (Å²) in [5, 5.41) is 0.586. The van der Waals surface area contributed by atoms with E-state index in [2.05, 4.69) is 4.72 Å². The number of thiophene rings is 1.